The molecule has 0 bridgehead atoms. The molecule has 0 aromatic heterocycles. The van der Waals surface area contributed by atoms with Gasteiger partial charge in [-0.3, -0.25) is 0 Å². The molecule has 1 unspecified atom stereocenters. The number of alkyl halides is 1. The van der Waals surface area contributed by atoms with Crippen LogP contribution in [0.15, 0.2) is 40.9 Å². The number of hydrogen-bond acceptors (Lipinski definition) is 1. The molecule has 106 valence electrons. The second-order valence-electron chi connectivity index (χ2n) is 4.13. The molecule has 0 amide bonds. The van der Waals surface area contributed by atoms with Crippen molar-refractivity contribution in [2.24, 2.45) is 0 Å². The van der Waals surface area contributed by atoms with Gasteiger partial charge in [0.2, 0.25) is 0 Å². The summed E-state index contributed by atoms with van der Waals surface area (Å²) < 4.78 is 20.3. The van der Waals surface area contributed by atoms with Crippen LogP contribution in [0.1, 0.15) is 22.9 Å². The Hall–Kier alpha value is -0.580. The van der Waals surface area contributed by atoms with E-state index in [0.29, 0.717) is 12.2 Å². The smallest absolute Gasteiger partial charge is 0.146 e. The first-order chi connectivity index (χ1) is 9.54. The fraction of sp³-hybridized carbons (Fsp3) is 0.200. The predicted octanol–water partition coefficient (Wildman–Crippen LogP) is 6.12. The van der Waals surface area contributed by atoms with E-state index in [1.165, 1.54) is 6.07 Å². The monoisotopic (exact) mass is 420 g/mol. The normalized spacial score (nSPS) is 12.2. The molecule has 0 aliphatic carbocycles. The van der Waals surface area contributed by atoms with Crippen molar-refractivity contribution in [1.29, 1.82) is 0 Å². The lowest BCUT2D eigenvalue weighted by molar-refractivity contribution is 0.338. The van der Waals surface area contributed by atoms with Crippen LogP contribution in [0.5, 0.6) is 5.75 Å². The maximum absolute atomic E-state index is 14.0. The SMILES string of the molecule is CCOc1ccc(C(Br)c2cccc(Cl)c2F)cc1Br. The fourth-order valence-corrected chi connectivity index (χ4v) is 3.17. The van der Waals surface area contributed by atoms with Gasteiger partial charge in [-0.05, 0) is 46.6 Å². The predicted molar refractivity (Wildman–Crippen MR) is 87.5 cm³/mol. The molecule has 2 aromatic rings. The van der Waals surface area contributed by atoms with Gasteiger partial charge in [-0.2, -0.15) is 0 Å². The molecular formula is C15H12Br2ClFO. The topological polar surface area (TPSA) is 9.23 Å². The molecule has 0 heterocycles. The molecule has 0 spiro atoms. The lowest BCUT2D eigenvalue weighted by atomic mass is 10.0. The number of halogens is 4. The first kappa shape index (κ1) is 15.8. The van der Waals surface area contributed by atoms with E-state index in [4.69, 9.17) is 16.3 Å². The minimum Gasteiger partial charge on any atom is -0.493 e. The quantitative estimate of drug-likeness (QED) is 0.539. The first-order valence-electron chi connectivity index (χ1n) is 6.04. The molecule has 0 N–H and O–H groups in total. The highest BCUT2D eigenvalue weighted by Crippen LogP contribution is 2.37. The number of hydrogen-bond donors (Lipinski definition) is 0. The van der Waals surface area contributed by atoms with Crippen LogP contribution >= 0.6 is 43.5 Å². The van der Waals surface area contributed by atoms with E-state index in [1.807, 2.05) is 25.1 Å². The maximum Gasteiger partial charge on any atom is 0.146 e. The zero-order valence-electron chi connectivity index (χ0n) is 10.7. The van der Waals surface area contributed by atoms with Crippen molar-refractivity contribution >= 4 is 43.5 Å². The van der Waals surface area contributed by atoms with Crippen molar-refractivity contribution in [3.05, 3.63) is 62.8 Å². The van der Waals surface area contributed by atoms with Crippen molar-refractivity contribution in [2.75, 3.05) is 6.61 Å². The van der Waals surface area contributed by atoms with Gasteiger partial charge in [0.25, 0.3) is 0 Å². The Morgan fingerprint density at radius 3 is 2.70 bits per heavy atom. The summed E-state index contributed by atoms with van der Waals surface area (Å²) in [4.78, 5) is -0.270. The summed E-state index contributed by atoms with van der Waals surface area (Å²) >= 11 is 12.8. The van der Waals surface area contributed by atoms with Crippen molar-refractivity contribution in [3.63, 3.8) is 0 Å². The molecule has 0 aliphatic rings. The Balaban J connectivity index is 2.36. The third-order valence-corrected chi connectivity index (χ3v) is 4.74. The molecule has 0 fully saturated rings. The van der Waals surface area contributed by atoms with Crippen LogP contribution < -0.4 is 4.74 Å². The molecule has 2 rings (SSSR count). The summed E-state index contributed by atoms with van der Waals surface area (Å²) in [6.45, 7) is 2.52. The minimum absolute atomic E-state index is 0.122. The number of ether oxygens (including phenoxy) is 1. The molecular weight excluding hydrogens is 410 g/mol. The average Bonchev–Trinajstić information content (AvgIpc) is 2.43. The van der Waals surface area contributed by atoms with E-state index in [-0.39, 0.29) is 9.85 Å². The number of rotatable bonds is 4. The fourth-order valence-electron chi connectivity index (χ4n) is 1.84. The van der Waals surface area contributed by atoms with Gasteiger partial charge in [-0.15, -0.1) is 0 Å². The van der Waals surface area contributed by atoms with Crippen molar-refractivity contribution in [2.45, 2.75) is 11.8 Å². The molecule has 1 nitrogen and oxygen atoms in total. The largest absolute Gasteiger partial charge is 0.493 e. The Kier molecular flexibility index (Phi) is 5.47. The van der Waals surface area contributed by atoms with Gasteiger partial charge in [0, 0.05) is 5.56 Å². The Morgan fingerprint density at radius 2 is 2.05 bits per heavy atom. The minimum atomic E-state index is -0.402. The Morgan fingerprint density at radius 1 is 1.30 bits per heavy atom. The van der Waals surface area contributed by atoms with Gasteiger partial charge in [0.15, 0.2) is 0 Å². The van der Waals surface area contributed by atoms with E-state index in [1.54, 1.807) is 12.1 Å². The highest BCUT2D eigenvalue weighted by atomic mass is 79.9. The summed E-state index contributed by atoms with van der Waals surface area (Å²) in [7, 11) is 0. The highest BCUT2D eigenvalue weighted by molar-refractivity contribution is 9.10. The van der Waals surface area contributed by atoms with Crippen molar-refractivity contribution in [3.8, 4) is 5.75 Å². The molecule has 20 heavy (non-hydrogen) atoms. The van der Waals surface area contributed by atoms with Gasteiger partial charge < -0.3 is 4.74 Å². The molecule has 2 aromatic carbocycles. The van der Waals surface area contributed by atoms with E-state index >= 15 is 0 Å². The number of benzene rings is 2. The van der Waals surface area contributed by atoms with Crippen molar-refractivity contribution in [1.82, 2.24) is 0 Å². The molecule has 5 heteroatoms. The van der Waals surface area contributed by atoms with Gasteiger partial charge in [-0.1, -0.05) is 45.7 Å². The standard InChI is InChI=1S/C15H12Br2ClFO/c1-2-20-13-7-6-9(8-11(13)16)14(17)10-4-3-5-12(18)15(10)19/h3-8,14H,2H2,1H3. The van der Waals surface area contributed by atoms with Crippen LogP contribution in [0.2, 0.25) is 5.02 Å². The van der Waals surface area contributed by atoms with Crippen LogP contribution in [0, 0.1) is 5.82 Å². The van der Waals surface area contributed by atoms with Crippen LogP contribution in [-0.4, -0.2) is 6.61 Å². The zero-order valence-corrected chi connectivity index (χ0v) is 14.6. The second-order valence-corrected chi connectivity index (χ2v) is 6.31. The molecule has 1 atom stereocenters. The van der Waals surface area contributed by atoms with Crippen LogP contribution in [-0.2, 0) is 0 Å². The molecule has 0 saturated heterocycles. The van der Waals surface area contributed by atoms with E-state index in [9.17, 15) is 4.39 Å². The van der Waals surface area contributed by atoms with E-state index in [2.05, 4.69) is 31.9 Å². The lowest BCUT2D eigenvalue weighted by Crippen LogP contribution is -1.98. The van der Waals surface area contributed by atoms with Crippen LogP contribution in [0.4, 0.5) is 4.39 Å². The molecule has 0 radical (unpaired) electrons. The first-order valence-corrected chi connectivity index (χ1v) is 8.13. The summed E-state index contributed by atoms with van der Waals surface area (Å²) in [5.74, 6) is 0.364. The maximum atomic E-state index is 14.0. The summed E-state index contributed by atoms with van der Waals surface area (Å²) in [5, 5.41) is 0.122. The molecule has 0 aliphatic heterocycles. The van der Waals surface area contributed by atoms with E-state index in [0.717, 1.165) is 15.8 Å². The molecule has 0 saturated carbocycles. The van der Waals surface area contributed by atoms with E-state index < -0.39 is 5.82 Å². The zero-order chi connectivity index (χ0) is 14.7. The van der Waals surface area contributed by atoms with Gasteiger partial charge in [0.05, 0.1) is 20.9 Å². The lowest BCUT2D eigenvalue weighted by Gasteiger charge is -2.14. The highest BCUT2D eigenvalue weighted by Gasteiger charge is 2.17. The summed E-state index contributed by atoms with van der Waals surface area (Å²) in [5.41, 5.74) is 1.43. The Labute approximate surface area is 139 Å². The van der Waals surface area contributed by atoms with Crippen molar-refractivity contribution < 1.29 is 9.13 Å². The third-order valence-electron chi connectivity index (χ3n) is 2.80. The van der Waals surface area contributed by atoms with Crippen LogP contribution in [0.25, 0.3) is 0 Å². The second kappa shape index (κ2) is 6.92. The summed E-state index contributed by atoms with van der Waals surface area (Å²) in [6, 6.07) is 10.7. The van der Waals surface area contributed by atoms with Crippen LogP contribution in [0.3, 0.4) is 0 Å². The van der Waals surface area contributed by atoms with Gasteiger partial charge in [-0.25, -0.2) is 4.39 Å². The average molecular weight is 423 g/mol. The van der Waals surface area contributed by atoms with Gasteiger partial charge in [0.1, 0.15) is 11.6 Å². The third kappa shape index (κ3) is 3.35. The van der Waals surface area contributed by atoms with Gasteiger partial charge >= 0.3 is 0 Å². The Bertz CT molecular complexity index is 619. The summed E-state index contributed by atoms with van der Waals surface area (Å²) in [6.07, 6.45) is 0.